The van der Waals surface area contributed by atoms with Gasteiger partial charge in [0.2, 0.25) is 0 Å². The lowest BCUT2D eigenvalue weighted by Crippen LogP contribution is -3.00. The average molecular weight is 549 g/mol. The number of carbonyl (C=O) groups is 1. The van der Waals surface area contributed by atoms with Gasteiger partial charge >= 0.3 is 6.36 Å². The molecule has 4 heterocycles. The van der Waals surface area contributed by atoms with E-state index in [1.54, 1.807) is 12.1 Å². The third-order valence-corrected chi connectivity index (χ3v) is 6.66. The van der Waals surface area contributed by atoms with E-state index in [1.165, 1.54) is 12.1 Å². The standard InChI is InChI=1S/C21H24ClF3N8O2.ClH/c22-16-18(27)31-17(26)15(30-16)19(34)32-20(28)29-14-10-33(6-4-12(14)5-7-33)9-11-2-1-3-13(8-11)35-21(23,24)25;/h1-3,8,12,14H,4-7,9-10H2,(H6-,26,27,28,29,31,32,34);1H/t12?,14-,33?;/m1./s1. The number of ether oxygens (including phenoxy) is 1. The first-order valence-electron chi connectivity index (χ1n) is 10.9. The van der Waals surface area contributed by atoms with E-state index in [4.69, 9.17) is 28.8 Å². The number of nitrogens with two attached hydrogens (primary N) is 3. The van der Waals surface area contributed by atoms with Crippen molar-refractivity contribution >= 4 is 35.1 Å². The summed E-state index contributed by atoms with van der Waals surface area (Å²) in [7, 11) is 0. The zero-order valence-electron chi connectivity index (χ0n) is 18.9. The second-order valence-electron chi connectivity index (χ2n) is 8.83. The maximum Gasteiger partial charge on any atom is 0.573 e. The fraction of sp³-hybridized carbons (Fsp3) is 0.429. The zero-order valence-corrected chi connectivity index (χ0v) is 20.4. The summed E-state index contributed by atoms with van der Waals surface area (Å²) in [6.45, 7) is 2.93. The van der Waals surface area contributed by atoms with Crippen LogP contribution in [-0.2, 0) is 6.54 Å². The van der Waals surface area contributed by atoms with Crippen molar-refractivity contribution in [3.05, 3.63) is 40.7 Å². The number of halogens is 5. The molecule has 0 aliphatic carbocycles. The number of piperidine rings is 3. The number of nitrogens with one attached hydrogen (secondary N) is 1. The van der Waals surface area contributed by atoms with Gasteiger partial charge in [-0.3, -0.25) is 10.1 Å². The van der Waals surface area contributed by atoms with Crippen LogP contribution in [0.15, 0.2) is 29.3 Å². The lowest BCUT2D eigenvalue weighted by Gasteiger charge is -2.51. The minimum atomic E-state index is -4.75. The largest absolute Gasteiger partial charge is 1.00 e. The molecule has 1 aromatic heterocycles. The number of anilines is 2. The Balaban J connectivity index is 0.00000361. The molecule has 3 fully saturated rings. The summed E-state index contributed by atoms with van der Waals surface area (Å²) in [4.78, 5) is 24.7. The van der Waals surface area contributed by atoms with Crippen molar-refractivity contribution in [1.29, 1.82) is 0 Å². The van der Waals surface area contributed by atoms with Crippen LogP contribution >= 0.6 is 11.6 Å². The van der Waals surface area contributed by atoms with Gasteiger partial charge in [-0.25, -0.2) is 15.0 Å². The van der Waals surface area contributed by atoms with Crippen molar-refractivity contribution in [2.24, 2.45) is 16.6 Å². The number of carbonyl (C=O) groups excluding carboxylic acids is 1. The Kier molecular flexibility index (Phi) is 8.06. The van der Waals surface area contributed by atoms with Crippen LogP contribution in [0.1, 0.15) is 28.9 Å². The van der Waals surface area contributed by atoms with Gasteiger partial charge in [-0.2, -0.15) is 0 Å². The normalized spacial score (nSPS) is 23.6. The molecule has 36 heavy (non-hydrogen) atoms. The average Bonchev–Trinajstić information content (AvgIpc) is 2.75. The van der Waals surface area contributed by atoms with Crippen LogP contribution in [0.5, 0.6) is 5.75 Å². The van der Waals surface area contributed by atoms with Gasteiger partial charge in [-0.1, -0.05) is 23.7 Å². The fourth-order valence-corrected chi connectivity index (χ4v) is 4.97. The molecule has 2 bridgehead atoms. The fourth-order valence-electron chi connectivity index (χ4n) is 4.84. The van der Waals surface area contributed by atoms with E-state index < -0.39 is 12.3 Å². The van der Waals surface area contributed by atoms with Gasteiger partial charge in [0.1, 0.15) is 24.9 Å². The quantitative estimate of drug-likeness (QED) is 0.213. The molecule has 2 aromatic rings. The third-order valence-electron chi connectivity index (χ3n) is 6.38. The predicted octanol–water partition coefficient (Wildman–Crippen LogP) is -0.949. The number of aliphatic imine (C=N–C) groups is 1. The monoisotopic (exact) mass is 548 g/mol. The molecule has 3 aliphatic heterocycles. The van der Waals surface area contributed by atoms with Crippen molar-refractivity contribution in [2.75, 3.05) is 31.1 Å². The summed E-state index contributed by atoms with van der Waals surface area (Å²) in [5, 5.41) is 2.30. The number of aromatic nitrogens is 2. The smallest absolute Gasteiger partial charge is 0.573 e. The zero-order chi connectivity index (χ0) is 25.4. The Morgan fingerprint density at radius 1 is 1.22 bits per heavy atom. The number of nitrogen functional groups attached to an aromatic ring is 2. The maximum absolute atomic E-state index is 12.6. The number of quaternary nitrogens is 1. The third kappa shape index (κ3) is 6.39. The van der Waals surface area contributed by atoms with E-state index >= 15 is 0 Å². The minimum Gasteiger partial charge on any atom is -1.00 e. The van der Waals surface area contributed by atoms with Gasteiger partial charge in [-0.15, -0.1) is 13.2 Å². The first-order valence-corrected chi connectivity index (χ1v) is 11.2. The first kappa shape index (κ1) is 27.6. The summed E-state index contributed by atoms with van der Waals surface area (Å²) in [5.74, 6) is -1.06. The first-order chi connectivity index (χ1) is 16.4. The van der Waals surface area contributed by atoms with Crippen molar-refractivity contribution in [3.63, 3.8) is 0 Å². The number of nitrogens with zero attached hydrogens (tertiary/aromatic N) is 4. The van der Waals surface area contributed by atoms with Crippen LogP contribution < -0.4 is 39.7 Å². The van der Waals surface area contributed by atoms with Crippen molar-refractivity contribution in [2.45, 2.75) is 31.8 Å². The topological polar surface area (TPSA) is 155 Å². The Morgan fingerprint density at radius 2 is 1.92 bits per heavy atom. The van der Waals surface area contributed by atoms with E-state index in [-0.39, 0.29) is 52.6 Å². The van der Waals surface area contributed by atoms with Gasteiger partial charge in [0, 0.05) is 18.4 Å². The highest BCUT2D eigenvalue weighted by atomic mass is 35.5. The molecule has 15 heteroatoms. The SMILES string of the molecule is NC(=N[C@@H]1C[N+]2(Cc3cccc(OC(F)(F)F)c3)CCC1CC2)NC(=O)c1nc(Cl)c(N)nc1N.[Cl-]. The number of hydrogen-bond donors (Lipinski definition) is 4. The Labute approximate surface area is 216 Å². The number of guanidine groups is 1. The summed E-state index contributed by atoms with van der Waals surface area (Å²) < 4.78 is 42.5. The van der Waals surface area contributed by atoms with Gasteiger partial charge in [0.15, 0.2) is 28.4 Å². The lowest BCUT2D eigenvalue weighted by molar-refractivity contribution is -0.955. The van der Waals surface area contributed by atoms with Crippen LogP contribution in [0.25, 0.3) is 0 Å². The molecular weight excluding hydrogens is 524 g/mol. The van der Waals surface area contributed by atoms with E-state index in [2.05, 4.69) is 25.0 Å². The number of hydrogen-bond acceptors (Lipinski definition) is 7. The molecule has 1 aromatic carbocycles. The number of benzene rings is 1. The summed E-state index contributed by atoms with van der Waals surface area (Å²) in [6.07, 6.45) is -2.97. The summed E-state index contributed by atoms with van der Waals surface area (Å²) in [5.41, 5.74) is 17.8. The van der Waals surface area contributed by atoms with Crippen LogP contribution in [-0.4, -0.2) is 58.4 Å². The van der Waals surface area contributed by atoms with Crippen molar-refractivity contribution in [1.82, 2.24) is 15.3 Å². The predicted molar refractivity (Wildman–Crippen MR) is 123 cm³/mol. The molecular formula is C21H25Cl2F3N8O2. The Bertz CT molecular complexity index is 1160. The van der Waals surface area contributed by atoms with E-state index in [0.29, 0.717) is 23.5 Å². The van der Waals surface area contributed by atoms with Gasteiger partial charge in [-0.05, 0) is 18.1 Å². The summed E-state index contributed by atoms with van der Waals surface area (Å²) in [6, 6.07) is 5.86. The van der Waals surface area contributed by atoms with Crippen LogP contribution in [0.3, 0.4) is 0 Å². The number of amides is 1. The number of rotatable bonds is 5. The second-order valence-corrected chi connectivity index (χ2v) is 9.19. The van der Waals surface area contributed by atoms with E-state index in [1.807, 2.05) is 0 Å². The molecule has 0 unspecified atom stereocenters. The van der Waals surface area contributed by atoms with Gasteiger partial charge in [0.05, 0.1) is 13.1 Å². The Morgan fingerprint density at radius 3 is 2.58 bits per heavy atom. The lowest BCUT2D eigenvalue weighted by atomic mass is 9.81. The molecule has 0 saturated carbocycles. The highest BCUT2D eigenvalue weighted by Crippen LogP contribution is 2.37. The molecule has 1 atom stereocenters. The minimum absolute atomic E-state index is 0. The maximum atomic E-state index is 12.6. The highest BCUT2D eigenvalue weighted by Gasteiger charge is 2.46. The second kappa shape index (κ2) is 10.5. The molecule has 3 aliphatic rings. The molecule has 7 N–H and O–H groups in total. The summed E-state index contributed by atoms with van der Waals surface area (Å²) >= 11 is 5.83. The van der Waals surface area contributed by atoms with Crippen LogP contribution in [0.2, 0.25) is 5.15 Å². The number of alkyl halides is 3. The van der Waals surface area contributed by atoms with Gasteiger partial charge < -0.3 is 38.8 Å². The molecule has 10 nitrogen and oxygen atoms in total. The highest BCUT2D eigenvalue weighted by molar-refractivity contribution is 6.31. The molecule has 0 radical (unpaired) electrons. The van der Waals surface area contributed by atoms with Crippen LogP contribution in [0.4, 0.5) is 24.8 Å². The number of fused-ring (bicyclic) bond motifs is 3. The van der Waals surface area contributed by atoms with Crippen LogP contribution in [0, 0.1) is 5.92 Å². The molecule has 196 valence electrons. The molecule has 5 rings (SSSR count). The molecule has 0 spiro atoms. The molecule has 3 saturated heterocycles. The Hall–Kier alpha value is -3.03. The van der Waals surface area contributed by atoms with E-state index in [0.717, 1.165) is 31.5 Å². The molecule has 1 amide bonds. The van der Waals surface area contributed by atoms with E-state index in [9.17, 15) is 18.0 Å². The van der Waals surface area contributed by atoms with Crippen molar-refractivity contribution in [3.8, 4) is 5.75 Å². The van der Waals surface area contributed by atoms with Gasteiger partial charge in [0.25, 0.3) is 5.91 Å². The van der Waals surface area contributed by atoms with Crippen molar-refractivity contribution < 1.29 is 39.6 Å².